The number of nitrogens with one attached hydrogen (secondary N) is 1. The van der Waals surface area contributed by atoms with Crippen LogP contribution in [0.2, 0.25) is 0 Å². The first-order chi connectivity index (χ1) is 8.90. The summed E-state index contributed by atoms with van der Waals surface area (Å²) in [5, 5.41) is 3.11. The van der Waals surface area contributed by atoms with E-state index in [1.165, 1.54) is 7.11 Å². The summed E-state index contributed by atoms with van der Waals surface area (Å²) in [6.07, 6.45) is 4.10. The molecule has 1 unspecified atom stereocenters. The van der Waals surface area contributed by atoms with Gasteiger partial charge in [-0.15, -0.1) is 0 Å². The molecule has 5 nitrogen and oxygen atoms in total. The lowest BCUT2D eigenvalue weighted by Crippen LogP contribution is -2.37. The smallest absolute Gasteiger partial charge is 0.306 e. The maximum Gasteiger partial charge on any atom is 0.306 e. The van der Waals surface area contributed by atoms with E-state index in [1.807, 2.05) is 7.05 Å². The van der Waals surface area contributed by atoms with Gasteiger partial charge in [0.25, 0.3) is 0 Å². The summed E-state index contributed by atoms with van der Waals surface area (Å²) in [7, 11) is 0.0464. The molecular formula is C13H23NO4S. The number of carbonyl (C=O) groups is 1. The first-order valence-electron chi connectivity index (χ1n) is 6.84. The van der Waals surface area contributed by atoms with Gasteiger partial charge < -0.3 is 10.1 Å². The third kappa shape index (κ3) is 4.18. The highest BCUT2D eigenvalue weighted by Crippen LogP contribution is 2.50. The van der Waals surface area contributed by atoms with E-state index in [4.69, 9.17) is 0 Å². The van der Waals surface area contributed by atoms with Crippen LogP contribution in [0, 0.1) is 11.3 Å². The molecule has 0 spiro atoms. The summed E-state index contributed by atoms with van der Waals surface area (Å²) in [5.41, 5.74) is -0.340. The Kier molecular flexibility index (Phi) is 4.20. The van der Waals surface area contributed by atoms with Crippen molar-refractivity contribution in [3.63, 3.8) is 0 Å². The highest BCUT2D eigenvalue weighted by Gasteiger charge is 2.48. The highest BCUT2D eigenvalue weighted by atomic mass is 32.2. The van der Waals surface area contributed by atoms with Crippen LogP contribution in [0.1, 0.15) is 32.1 Å². The van der Waals surface area contributed by atoms with Gasteiger partial charge in [-0.05, 0) is 44.1 Å². The summed E-state index contributed by atoms with van der Waals surface area (Å²) >= 11 is 0. The molecule has 1 atom stereocenters. The van der Waals surface area contributed by atoms with Gasteiger partial charge in [0.05, 0.1) is 25.0 Å². The quantitative estimate of drug-likeness (QED) is 0.667. The fourth-order valence-electron chi connectivity index (χ4n) is 2.68. The predicted molar refractivity (Wildman–Crippen MR) is 72.5 cm³/mol. The number of hydrogen-bond donors (Lipinski definition) is 1. The Balaban J connectivity index is 1.91. The minimum absolute atomic E-state index is 0.0685. The first kappa shape index (κ1) is 14.8. The molecule has 0 aromatic rings. The summed E-state index contributed by atoms with van der Waals surface area (Å²) in [6.45, 7) is 0. The van der Waals surface area contributed by atoms with Crippen molar-refractivity contribution in [2.45, 2.75) is 38.1 Å². The molecule has 19 heavy (non-hydrogen) atoms. The second-order valence-electron chi connectivity index (χ2n) is 6.04. The molecule has 0 heterocycles. The van der Waals surface area contributed by atoms with Gasteiger partial charge in [0.2, 0.25) is 0 Å². The summed E-state index contributed by atoms with van der Waals surface area (Å²) in [4.78, 5) is 11.3. The SMILES string of the molecule is CNC(CS(=O)(=O)CC1(CC(=O)OC)CC1)C1CC1. The van der Waals surface area contributed by atoms with E-state index in [-0.39, 0.29) is 35.4 Å². The second kappa shape index (κ2) is 5.40. The second-order valence-corrected chi connectivity index (χ2v) is 8.15. The molecule has 0 bridgehead atoms. The molecule has 0 saturated heterocycles. The molecule has 2 aliphatic carbocycles. The molecule has 0 radical (unpaired) electrons. The molecule has 0 aromatic carbocycles. The van der Waals surface area contributed by atoms with Crippen molar-refractivity contribution < 1.29 is 17.9 Å². The van der Waals surface area contributed by atoms with E-state index < -0.39 is 9.84 Å². The Morgan fingerprint density at radius 1 is 1.42 bits per heavy atom. The van der Waals surface area contributed by atoms with Crippen LogP contribution in [-0.2, 0) is 19.4 Å². The lowest BCUT2D eigenvalue weighted by Gasteiger charge is -2.18. The molecular weight excluding hydrogens is 266 g/mol. The average Bonchev–Trinajstić information content (AvgIpc) is 3.21. The van der Waals surface area contributed by atoms with E-state index in [0.29, 0.717) is 5.92 Å². The van der Waals surface area contributed by atoms with Gasteiger partial charge in [-0.1, -0.05) is 0 Å². The third-order valence-electron chi connectivity index (χ3n) is 4.23. The van der Waals surface area contributed by atoms with Gasteiger partial charge in [0.1, 0.15) is 0 Å². The third-order valence-corrected chi connectivity index (χ3v) is 6.14. The summed E-state index contributed by atoms with van der Waals surface area (Å²) < 4.78 is 29.2. The molecule has 2 aliphatic rings. The van der Waals surface area contributed by atoms with E-state index in [9.17, 15) is 13.2 Å². The van der Waals surface area contributed by atoms with E-state index >= 15 is 0 Å². The zero-order valence-corrected chi connectivity index (χ0v) is 12.5. The van der Waals surface area contributed by atoms with Crippen LogP contribution in [0.3, 0.4) is 0 Å². The standard InChI is InChI=1S/C13H23NO4S/c1-14-11(10-3-4-10)8-19(16,17)9-13(5-6-13)7-12(15)18-2/h10-11,14H,3-9H2,1-2H3. The highest BCUT2D eigenvalue weighted by molar-refractivity contribution is 7.91. The number of rotatable bonds is 8. The van der Waals surface area contributed by atoms with Gasteiger partial charge in [-0.3, -0.25) is 4.79 Å². The summed E-state index contributed by atoms with van der Waals surface area (Å²) in [5.74, 6) is 0.521. The van der Waals surface area contributed by atoms with Crippen LogP contribution in [0.25, 0.3) is 0 Å². The fraction of sp³-hybridized carbons (Fsp3) is 0.923. The van der Waals surface area contributed by atoms with Gasteiger partial charge in [0, 0.05) is 6.04 Å². The number of carbonyl (C=O) groups excluding carboxylic acids is 1. The largest absolute Gasteiger partial charge is 0.469 e. The number of sulfone groups is 1. The Bertz CT molecular complexity index is 438. The first-order valence-corrected chi connectivity index (χ1v) is 8.66. The van der Waals surface area contributed by atoms with Crippen LogP contribution in [0.5, 0.6) is 0 Å². The number of ether oxygens (including phenoxy) is 1. The molecule has 2 fully saturated rings. The van der Waals surface area contributed by atoms with Gasteiger partial charge in [0.15, 0.2) is 9.84 Å². The zero-order chi connectivity index (χ0) is 14.1. The maximum absolute atomic E-state index is 12.3. The molecule has 0 aromatic heterocycles. The lowest BCUT2D eigenvalue weighted by atomic mass is 10.1. The van der Waals surface area contributed by atoms with Crippen molar-refractivity contribution in [3.8, 4) is 0 Å². The fourth-order valence-corrected chi connectivity index (χ4v) is 5.11. The normalized spacial score (nSPS) is 22.8. The Labute approximate surface area is 115 Å². The predicted octanol–water partition coefficient (Wildman–Crippen LogP) is 0.742. The van der Waals surface area contributed by atoms with Crippen molar-refractivity contribution in [3.05, 3.63) is 0 Å². The van der Waals surface area contributed by atoms with Crippen LogP contribution < -0.4 is 5.32 Å². The molecule has 2 rings (SSSR count). The van der Waals surface area contributed by atoms with Crippen LogP contribution in [0.15, 0.2) is 0 Å². The van der Waals surface area contributed by atoms with Gasteiger partial charge >= 0.3 is 5.97 Å². The van der Waals surface area contributed by atoms with Crippen LogP contribution >= 0.6 is 0 Å². The van der Waals surface area contributed by atoms with Crippen molar-refractivity contribution in [2.24, 2.45) is 11.3 Å². The number of methoxy groups -OCH3 is 1. The summed E-state index contributed by atoms with van der Waals surface area (Å²) in [6, 6.07) is 0.0685. The van der Waals surface area contributed by atoms with Crippen molar-refractivity contribution in [1.82, 2.24) is 5.32 Å². The monoisotopic (exact) mass is 289 g/mol. The van der Waals surface area contributed by atoms with E-state index in [2.05, 4.69) is 10.1 Å². The number of esters is 1. The Morgan fingerprint density at radius 3 is 2.47 bits per heavy atom. The average molecular weight is 289 g/mol. The molecule has 6 heteroatoms. The lowest BCUT2D eigenvalue weighted by molar-refractivity contribution is -0.141. The Morgan fingerprint density at radius 2 is 2.05 bits per heavy atom. The topological polar surface area (TPSA) is 72.5 Å². The molecule has 2 saturated carbocycles. The molecule has 0 aliphatic heterocycles. The van der Waals surface area contributed by atoms with Crippen molar-refractivity contribution >= 4 is 15.8 Å². The maximum atomic E-state index is 12.3. The Hall–Kier alpha value is -0.620. The van der Waals surface area contributed by atoms with E-state index in [0.717, 1.165) is 25.7 Å². The van der Waals surface area contributed by atoms with Crippen LogP contribution in [-0.4, -0.2) is 46.1 Å². The molecule has 110 valence electrons. The molecule has 1 N–H and O–H groups in total. The van der Waals surface area contributed by atoms with Crippen LogP contribution in [0.4, 0.5) is 0 Å². The van der Waals surface area contributed by atoms with Gasteiger partial charge in [-0.25, -0.2) is 8.42 Å². The molecule has 0 amide bonds. The number of hydrogen-bond acceptors (Lipinski definition) is 5. The van der Waals surface area contributed by atoms with Crippen molar-refractivity contribution in [2.75, 3.05) is 25.7 Å². The van der Waals surface area contributed by atoms with Gasteiger partial charge in [-0.2, -0.15) is 0 Å². The minimum atomic E-state index is -3.12. The zero-order valence-electron chi connectivity index (χ0n) is 11.6. The van der Waals surface area contributed by atoms with E-state index in [1.54, 1.807) is 0 Å². The minimum Gasteiger partial charge on any atom is -0.469 e. The van der Waals surface area contributed by atoms with Crippen molar-refractivity contribution in [1.29, 1.82) is 0 Å².